The van der Waals surface area contributed by atoms with Gasteiger partial charge in [-0.1, -0.05) is 11.3 Å². The van der Waals surface area contributed by atoms with Gasteiger partial charge in [0.1, 0.15) is 22.3 Å². The summed E-state index contributed by atoms with van der Waals surface area (Å²) in [7, 11) is 1.82. The minimum Gasteiger partial charge on any atom is -0.382 e. The number of amides is 1. The predicted molar refractivity (Wildman–Crippen MR) is 79.8 cm³/mol. The summed E-state index contributed by atoms with van der Waals surface area (Å²) >= 11 is 1.11. The highest BCUT2D eigenvalue weighted by atomic mass is 32.1. The van der Waals surface area contributed by atoms with E-state index in [1.54, 1.807) is 0 Å². The Morgan fingerprint density at radius 2 is 2.19 bits per heavy atom. The number of aromatic nitrogens is 1. The van der Waals surface area contributed by atoms with Crippen LogP contribution in [0, 0.1) is 11.6 Å². The van der Waals surface area contributed by atoms with Gasteiger partial charge in [-0.3, -0.25) is 4.79 Å². The van der Waals surface area contributed by atoms with E-state index in [1.807, 2.05) is 18.9 Å². The summed E-state index contributed by atoms with van der Waals surface area (Å²) in [5, 5.41) is 2.95. The molecule has 0 aliphatic heterocycles. The third kappa shape index (κ3) is 3.27. The number of hydrogen-bond donors (Lipinski definition) is 2. The topological polar surface area (TPSA) is 71.2 Å². The van der Waals surface area contributed by atoms with Crippen molar-refractivity contribution in [3.63, 3.8) is 0 Å². The van der Waals surface area contributed by atoms with Crippen molar-refractivity contribution in [3.8, 4) is 0 Å². The second kappa shape index (κ2) is 6.04. The maximum Gasteiger partial charge on any atom is 0.269 e. The molecule has 8 heteroatoms. The average Bonchev–Trinajstić information content (AvgIpc) is 2.83. The average molecular weight is 312 g/mol. The summed E-state index contributed by atoms with van der Waals surface area (Å²) in [6.07, 6.45) is 0. The zero-order chi connectivity index (χ0) is 15.6. The number of benzene rings is 1. The molecule has 2 rings (SSSR count). The van der Waals surface area contributed by atoms with Crippen molar-refractivity contribution in [2.24, 2.45) is 0 Å². The van der Waals surface area contributed by atoms with Crippen LogP contribution in [0.2, 0.25) is 0 Å². The molecule has 0 radical (unpaired) electrons. The first-order valence-electron chi connectivity index (χ1n) is 6.16. The normalized spacial score (nSPS) is 10.5. The molecule has 0 saturated heterocycles. The zero-order valence-corrected chi connectivity index (χ0v) is 12.3. The van der Waals surface area contributed by atoms with E-state index in [9.17, 15) is 13.6 Å². The summed E-state index contributed by atoms with van der Waals surface area (Å²) in [6, 6.07) is 2.91. The Kier molecular flexibility index (Phi) is 4.37. The molecule has 1 aromatic carbocycles. The van der Waals surface area contributed by atoms with Crippen molar-refractivity contribution in [2.45, 2.75) is 6.92 Å². The van der Waals surface area contributed by atoms with Crippen LogP contribution in [-0.2, 0) is 0 Å². The van der Waals surface area contributed by atoms with Crippen molar-refractivity contribution in [2.75, 3.05) is 29.5 Å². The Labute approximate surface area is 124 Å². The fraction of sp³-hybridized carbons (Fsp3) is 0.231. The van der Waals surface area contributed by atoms with Crippen LogP contribution in [0.4, 0.5) is 25.4 Å². The highest BCUT2D eigenvalue weighted by molar-refractivity contribution is 7.18. The molecule has 0 aliphatic rings. The summed E-state index contributed by atoms with van der Waals surface area (Å²) in [6.45, 7) is 2.64. The molecule has 2 aromatic rings. The monoisotopic (exact) mass is 312 g/mol. The number of hydrogen-bond acceptors (Lipinski definition) is 5. The molecule has 0 bridgehead atoms. The van der Waals surface area contributed by atoms with Crippen LogP contribution in [0.25, 0.3) is 0 Å². The van der Waals surface area contributed by atoms with Crippen LogP contribution in [0.3, 0.4) is 0 Å². The molecule has 0 atom stereocenters. The standard InChI is InChI=1S/C13H14F2N4OS/c1-3-19(2)13-18-11(16)10(21-13)12(20)17-9-5-4-7(14)6-8(9)15/h4-6H,3,16H2,1-2H3,(H,17,20). The van der Waals surface area contributed by atoms with Crippen LogP contribution in [0.1, 0.15) is 16.6 Å². The number of halogens is 2. The Hall–Kier alpha value is -2.22. The predicted octanol–water partition coefficient (Wildman–Crippen LogP) is 2.71. The molecule has 3 N–H and O–H groups in total. The van der Waals surface area contributed by atoms with E-state index in [4.69, 9.17) is 5.73 Å². The molecule has 0 saturated carbocycles. The summed E-state index contributed by atoms with van der Waals surface area (Å²) in [4.78, 5) is 18.2. The number of anilines is 3. The minimum absolute atomic E-state index is 0.0790. The molecule has 1 heterocycles. The van der Waals surface area contributed by atoms with Gasteiger partial charge in [0.25, 0.3) is 5.91 Å². The molecule has 0 spiro atoms. The molecule has 0 fully saturated rings. The van der Waals surface area contributed by atoms with Gasteiger partial charge in [0.2, 0.25) is 0 Å². The molecule has 0 aliphatic carbocycles. The van der Waals surface area contributed by atoms with Crippen LogP contribution in [0.15, 0.2) is 18.2 Å². The number of nitrogen functional groups attached to an aromatic ring is 1. The first-order valence-corrected chi connectivity index (χ1v) is 6.97. The van der Waals surface area contributed by atoms with E-state index in [0.717, 1.165) is 23.5 Å². The second-order valence-electron chi connectivity index (χ2n) is 4.30. The lowest BCUT2D eigenvalue weighted by Crippen LogP contribution is -2.15. The van der Waals surface area contributed by atoms with E-state index in [1.165, 1.54) is 0 Å². The summed E-state index contributed by atoms with van der Waals surface area (Å²) in [5.74, 6) is -2.06. The van der Waals surface area contributed by atoms with Gasteiger partial charge in [0, 0.05) is 19.7 Å². The number of carbonyl (C=O) groups excluding carboxylic acids is 1. The van der Waals surface area contributed by atoms with E-state index in [0.29, 0.717) is 17.7 Å². The number of rotatable bonds is 4. The van der Waals surface area contributed by atoms with Gasteiger partial charge in [-0.15, -0.1) is 0 Å². The molecular weight excluding hydrogens is 298 g/mol. The van der Waals surface area contributed by atoms with E-state index >= 15 is 0 Å². The molecular formula is C13H14F2N4OS. The molecule has 1 aromatic heterocycles. The highest BCUT2D eigenvalue weighted by Crippen LogP contribution is 2.28. The zero-order valence-electron chi connectivity index (χ0n) is 11.5. The number of nitrogens with zero attached hydrogens (tertiary/aromatic N) is 2. The van der Waals surface area contributed by atoms with Gasteiger partial charge in [-0.2, -0.15) is 0 Å². The van der Waals surface area contributed by atoms with Crippen molar-refractivity contribution < 1.29 is 13.6 Å². The third-order valence-corrected chi connectivity index (χ3v) is 4.01. The van der Waals surface area contributed by atoms with Gasteiger partial charge >= 0.3 is 0 Å². The van der Waals surface area contributed by atoms with Crippen molar-refractivity contribution >= 4 is 33.9 Å². The van der Waals surface area contributed by atoms with Crippen molar-refractivity contribution in [3.05, 3.63) is 34.7 Å². The van der Waals surface area contributed by atoms with Crippen molar-refractivity contribution in [1.82, 2.24) is 4.98 Å². The SMILES string of the molecule is CCN(C)c1nc(N)c(C(=O)Nc2ccc(F)cc2F)s1. The summed E-state index contributed by atoms with van der Waals surface area (Å²) in [5.41, 5.74) is 5.60. The Balaban J connectivity index is 2.22. The van der Waals surface area contributed by atoms with Crippen LogP contribution >= 0.6 is 11.3 Å². The first kappa shape index (κ1) is 15.2. The largest absolute Gasteiger partial charge is 0.382 e. The molecule has 0 unspecified atom stereocenters. The van der Waals surface area contributed by atoms with Gasteiger partial charge in [-0.25, -0.2) is 13.8 Å². The first-order chi connectivity index (χ1) is 9.92. The Bertz CT molecular complexity index is 674. The quantitative estimate of drug-likeness (QED) is 0.910. The minimum atomic E-state index is -0.850. The van der Waals surface area contributed by atoms with Crippen LogP contribution < -0.4 is 16.0 Å². The van der Waals surface area contributed by atoms with Crippen LogP contribution in [-0.4, -0.2) is 24.5 Å². The second-order valence-corrected chi connectivity index (χ2v) is 5.28. The van der Waals surface area contributed by atoms with Gasteiger partial charge in [0.05, 0.1) is 5.69 Å². The number of nitrogens with one attached hydrogen (secondary N) is 1. The van der Waals surface area contributed by atoms with Crippen molar-refractivity contribution in [1.29, 1.82) is 0 Å². The number of thiazole rings is 1. The number of nitrogens with two attached hydrogens (primary N) is 1. The summed E-state index contributed by atoms with van der Waals surface area (Å²) < 4.78 is 26.3. The van der Waals surface area contributed by atoms with Crippen LogP contribution in [0.5, 0.6) is 0 Å². The molecule has 1 amide bonds. The Morgan fingerprint density at radius 3 is 2.81 bits per heavy atom. The fourth-order valence-electron chi connectivity index (χ4n) is 1.55. The van der Waals surface area contributed by atoms with Gasteiger partial charge < -0.3 is 16.0 Å². The maximum atomic E-state index is 13.5. The van der Waals surface area contributed by atoms with Gasteiger partial charge in [-0.05, 0) is 19.1 Å². The van der Waals surface area contributed by atoms with E-state index < -0.39 is 17.5 Å². The third-order valence-electron chi connectivity index (χ3n) is 2.83. The fourth-order valence-corrected chi connectivity index (χ4v) is 2.46. The lowest BCUT2D eigenvalue weighted by molar-refractivity contribution is 0.103. The van der Waals surface area contributed by atoms with E-state index in [2.05, 4.69) is 10.3 Å². The molecule has 21 heavy (non-hydrogen) atoms. The number of carbonyl (C=O) groups is 1. The lowest BCUT2D eigenvalue weighted by Gasteiger charge is -2.10. The molecule has 112 valence electrons. The smallest absolute Gasteiger partial charge is 0.269 e. The lowest BCUT2D eigenvalue weighted by atomic mass is 10.3. The Morgan fingerprint density at radius 1 is 1.48 bits per heavy atom. The maximum absolute atomic E-state index is 13.5. The van der Waals surface area contributed by atoms with Gasteiger partial charge in [0.15, 0.2) is 5.13 Å². The van der Waals surface area contributed by atoms with E-state index in [-0.39, 0.29) is 16.4 Å². The highest BCUT2D eigenvalue weighted by Gasteiger charge is 2.19. The molecule has 5 nitrogen and oxygen atoms in total.